The van der Waals surface area contributed by atoms with Crippen molar-refractivity contribution in [2.75, 3.05) is 0 Å². The number of hydrogen-bond acceptors (Lipinski definition) is 3. The molecule has 0 aromatic carbocycles. The zero-order valence-corrected chi connectivity index (χ0v) is 11.6. The summed E-state index contributed by atoms with van der Waals surface area (Å²) >= 11 is 0. The van der Waals surface area contributed by atoms with Crippen LogP contribution in [0, 0.1) is 0 Å². The highest BCUT2D eigenvalue weighted by Crippen LogP contribution is 2.25. The van der Waals surface area contributed by atoms with Gasteiger partial charge in [0.05, 0.1) is 11.8 Å². The van der Waals surface area contributed by atoms with Crippen LogP contribution in [0.4, 0.5) is 4.39 Å². The SMILES string of the molecule is FC1=CC=C(c2nc3ncc(-c4ccco4)cc3[nH]2)CC=C1. The summed E-state index contributed by atoms with van der Waals surface area (Å²) in [5.74, 6) is 1.20. The van der Waals surface area contributed by atoms with Crippen LogP contribution in [0.25, 0.3) is 28.1 Å². The molecule has 1 N–H and O–H groups in total. The number of rotatable bonds is 2. The number of allylic oxidation sites excluding steroid dienone is 6. The summed E-state index contributed by atoms with van der Waals surface area (Å²) in [5.41, 5.74) is 3.25. The lowest BCUT2D eigenvalue weighted by molar-refractivity contribution is 0.582. The third kappa shape index (κ3) is 2.26. The lowest BCUT2D eigenvalue weighted by atomic mass is 10.2. The Hall–Kier alpha value is -2.95. The minimum absolute atomic E-state index is 0.260. The van der Waals surface area contributed by atoms with Gasteiger partial charge in [0, 0.05) is 11.8 Å². The van der Waals surface area contributed by atoms with Crippen molar-refractivity contribution in [3.8, 4) is 11.3 Å². The Morgan fingerprint density at radius 2 is 2.23 bits per heavy atom. The predicted octanol–water partition coefficient (Wildman–Crippen LogP) is 4.41. The molecule has 1 aliphatic rings. The monoisotopic (exact) mass is 293 g/mol. The van der Waals surface area contributed by atoms with E-state index < -0.39 is 0 Å². The van der Waals surface area contributed by atoms with Crippen molar-refractivity contribution < 1.29 is 8.81 Å². The average Bonchev–Trinajstić information content (AvgIpc) is 3.14. The van der Waals surface area contributed by atoms with Gasteiger partial charge in [0.15, 0.2) is 5.65 Å². The number of aromatic amines is 1. The Balaban J connectivity index is 1.76. The number of pyridine rings is 1. The molecular formula is C17H12FN3O. The smallest absolute Gasteiger partial charge is 0.178 e. The van der Waals surface area contributed by atoms with Crippen molar-refractivity contribution in [3.63, 3.8) is 0 Å². The molecule has 4 rings (SSSR count). The molecule has 0 aliphatic heterocycles. The second kappa shape index (κ2) is 5.11. The Morgan fingerprint density at radius 3 is 3.09 bits per heavy atom. The van der Waals surface area contributed by atoms with Crippen LogP contribution in [-0.2, 0) is 0 Å². The maximum Gasteiger partial charge on any atom is 0.178 e. The van der Waals surface area contributed by atoms with E-state index in [0.29, 0.717) is 17.9 Å². The van der Waals surface area contributed by atoms with Crippen molar-refractivity contribution in [3.05, 3.63) is 66.6 Å². The summed E-state index contributed by atoms with van der Waals surface area (Å²) in [6, 6.07) is 5.66. The first-order valence-corrected chi connectivity index (χ1v) is 6.92. The highest BCUT2D eigenvalue weighted by atomic mass is 19.1. The number of halogens is 1. The summed E-state index contributed by atoms with van der Waals surface area (Å²) < 4.78 is 18.6. The van der Waals surface area contributed by atoms with Crippen LogP contribution >= 0.6 is 0 Å². The van der Waals surface area contributed by atoms with Gasteiger partial charge in [-0.1, -0.05) is 12.2 Å². The molecule has 3 aromatic heterocycles. The lowest BCUT2D eigenvalue weighted by Gasteiger charge is -1.97. The van der Waals surface area contributed by atoms with Crippen molar-refractivity contribution in [2.24, 2.45) is 0 Å². The summed E-state index contributed by atoms with van der Waals surface area (Å²) in [5, 5.41) is 0. The van der Waals surface area contributed by atoms with Crippen LogP contribution in [0.5, 0.6) is 0 Å². The zero-order valence-electron chi connectivity index (χ0n) is 11.6. The Bertz CT molecular complexity index is 917. The van der Waals surface area contributed by atoms with Gasteiger partial charge in [-0.3, -0.25) is 0 Å². The van der Waals surface area contributed by atoms with E-state index in [-0.39, 0.29) is 5.83 Å². The molecule has 5 heteroatoms. The van der Waals surface area contributed by atoms with Crippen LogP contribution in [0.3, 0.4) is 0 Å². The third-order valence-electron chi connectivity index (χ3n) is 3.51. The number of furan rings is 1. The predicted molar refractivity (Wildman–Crippen MR) is 82.5 cm³/mol. The minimum atomic E-state index is -0.260. The highest BCUT2D eigenvalue weighted by molar-refractivity contribution is 5.80. The number of nitrogens with zero attached hydrogens (tertiary/aromatic N) is 2. The molecule has 0 amide bonds. The van der Waals surface area contributed by atoms with Gasteiger partial charge in [0.2, 0.25) is 0 Å². The van der Waals surface area contributed by atoms with Crippen LogP contribution in [0.15, 0.2) is 65.2 Å². The van der Waals surface area contributed by atoms with Gasteiger partial charge >= 0.3 is 0 Å². The summed E-state index contributed by atoms with van der Waals surface area (Å²) in [4.78, 5) is 12.1. The molecule has 1 aliphatic carbocycles. The fraction of sp³-hybridized carbons (Fsp3) is 0.0588. The van der Waals surface area contributed by atoms with Crippen molar-refractivity contribution in [1.29, 1.82) is 0 Å². The molecule has 0 fully saturated rings. The molecule has 0 spiro atoms. The van der Waals surface area contributed by atoms with E-state index in [1.807, 2.05) is 18.2 Å². The molecule has 0 saturated heterocycles. The molecule has 108 valence electrons. The average molecular weight is 293 g/mol. The highest BCUT2D eigenvalue weighted by Gasteiger charge is 2.11. The van der Waals surface area contributed by atoms with E-state index in [1.54, 1.807) is 24.6 Å². The fourth-order valence-corrected chi connectivity index (χ4v) is 2.41. The van der Waals surface area contributed by atoms with Gasteiger partial charge in [-0.25, -0.2) is 14.4 Å². The molecule has 22 heavy (non-hydrogen) atoms. The molecule has 4 nitrogen and oxygen atoms in total. The maximum absolute atomic E-state index is 13.2. The van der Waals surface area contributed by atoms with Gasteiger partial charge in [-0.05, 0) is 42.3 Å². The van der Waals surface area contributed by atoms with Crippen molar-refractivity contribution in [2.45, 2.75) is 6.42 Å². The third-order valence-corrected chi connectivity index (χ3v) is 3.51. The fourth-order valence-electron chi connectivity index (χ4n) is 2.41. The van der Waals surface area contributed by atoms with E-state index >= 15 is 0 Å². The number of hydrogen-bond donors (Lipinski definition) is 1. The van der Waals surface area contributed by atoms with Crippen LogP contribution in [-0.4, -0.2) is 15.0 Å². The molecule has 0 saturated carbocycles. The molecule has 0 bridgehead atoms. The van der Waals surface area contributed by atoms with E-state index in [2.05, 4.69) is 15.0 Å². The second-order valence-corrected chi connectivity index (χ2v) is 5.01. The van der Waals surface area contributed by atoms with Crippen molar-refractivity contribution in [1.82, 2.24) is 15.0 Å². The summed E-state index contributed by atoms with van der Waals surface area (Å²) in [6.45, 7) is 0. The topological polar surface area (TPSA) is 54.7 Å². The Labute approximate surface area is 125 Å². The van der Waals surface area contributed by atoms with E-state index in [0.717, 1.165) is 22.4 Å². The maximum atomic E-state index is 13.2. The Kier molecular flexibility index (Phi) is 2.96. The normalized spacial score (nSPS) is 14.8. The zero-order chi connectivity index (χ0) is 14.9. The van der Waals surface area contributed by atoms with Gasteiger partial charge in [-0.15, -0.1) is 0 Å². The molecular weight excluding hydrogens is 281 g/mol. The lowest BCUT2D eigenvalue weighted by Crippen LogP contribution is -1.85. The standard InChI is InChI=1S/C17H12FN3O/c18-13-4-1-3-11(6-7-13)16-20-14-9-12(10-19-17(14)21-16)15-5-2-8-22-15/h1-2,4-10H,3H2,(H,19,20,21). The van der Waals surface area contributed by atoms with E-state index in [9.17, 15) is 4.39 Å². The summed E-state index contributed by atoms with van der Waals surface area (Å²) in [6.07, 6.45) is 10.4. The van der Waals surface area contributed by atoms with Gasteiger partial charge in [-0.2, -0.15) is 0 Å². The van der Waals surface area contributed by atoms with Crippen molar-refractivity contribution >= 4 is 16.7 Å². The number of nitrogens with one attached hydrogen (secondary N) is 1. The molecule has 3 heterocycles. The van der Waals surface area contributed by atoms with Crippen LogP contribution < -0.4 is 0 Å². The number of imidazole rings is 1. The largest absolute Gasteiger partial charge is 0.464 e. The first-order chi connectivity index (χ1) is 10.8. The summed E-state index contributed by atoms with van der Waals surface area (Å²) in [7, 11) is 0. The van der Waals surface area contributed by atoms with Gasteiger partial charge < -0.3 is 9.40 Å². The molecule has 3 aromatic rings. The van der Waals surface area contributed by atoms with Gasteiger partial charge in [0.25, 0.3) is 0 Å². The molecule has 0 unspecified atom stereocenters. The first kappa shape index (κ1) is 12.8. The second-order valence-electron chi connectivity index (χ2n) is 5.01. The van der Waals surface area contributed by atoms with Gasteiger partial charge in [0.1, 0.15) is 17.4 Å². The van der Waals surface area contributed by atoms with E-state index in [4.69, 9.17) is 4.42 Å². The van der Waals surface area contributed by atoms with Crippen LogP contribution in [0.1, 0.15) is 12.2 Å². The molecule has 0 atom stereocenters. The first-order valence-electron chi connectivity index (χ1n) is 6.92. The number of aromatic nitrogens is 3. The Morgan fingerprint density at radius 1 is 1.27 bits per heavy atom. The number of H-pyrrole nitrogens is 1. The quantitative estimate of drug-likeness (QED) is 0.761. The van der Waals surface area contributed by atoms with Crippen LogP contribution in [0.2, 0.25) is 0 Å². The molecule has 0 radical (unpaired) electrons. The minimum Gasteiger partial charge on any atom is -0.464 e. The van der Waals surface area contributed by atoms with E-state index in [1.165, 1.54) is 12.2 Å². The number of fused-ring (bicyclic) bond motifs is 1.